The number of amides is 1. The van der Waals surface area contributed by atoms with Crippen molar-refractivity contribution in [2.45, 2.75) is 19.8 Å². The highest BCUT2D eigenvalue weighted by molar-refractivity contribution is 6.00. The maximum Gasteiger partial charge on any atom is 0.349 e. The van der Waals surface area contributed by atoms with E-state index in [9.17, 15) is 14.9 Å². The fourth-order valence-electron chi connectivity index (χ4n) is 2.82. The van der Waals surface area contributed by atoms with Gasteiger partial charge in [-0.05, 0) is 41.3 Å². The molecule has 0 bridgehead atoms. The van der Waals surface area contributed by atoms with Crippen LogP contribution in [0.15, 0.2) is 48.0 Å². The first-order valence-corrected chi connectivity index (χ1v) is 9.05. The lowest BCUT2D eigenvalue weighted by molar-refractivity contribution is -0.142. The highest BCUT2D eigenvalue weighted by Gasteiger charge is 2.17. The van der Waals surface area contributed by atoms with Gasteiger partial charge in [-0.2, -0.15) is 5.26 Å². The average molecular weight is 392 g/mol. The molecule has 0 aromatic heterocycles. The minimum absolute atomic E-state index is 0.130. The van der Waals surface area contributed by atoms with Gasteiger partial charge in [-0.15, -0.1) is 0 Å². The minimum atomic E-state index is -0.877. The van der Waals surface area contributed by atoms with Crippen LogP contribution in [-0.2, 0) is 14.3 Å². The molecule has 3 rings (SSSR count). The van der Waals surface area contributed by atoms with Gasteiger partial charge in [0.25, 0.3) is 5.91 Å². The number of carbonyl (C=O) groups is 2. The summed E-state index contributed by atoms with van der Waals surface area (Å²) in [6.07, 6.45) is 1.37. The summed E-state index contributed by atoms with van der Waals surface area (Å²) in [6, 6.07) is 14.3. The van der Waals surface area contributed by atoms with Crippen LogP contribution in [0.2, 0.25) is 0 Å². The summed E-state index contributed by atoms with van der Waals surface area (Å²) in [7, 11) is 0. The molecule has 7 nitrogen and oxygen atoms in total. The molecular weight excluding hydrogens is 372 g/mol. The molecule has 0 atom stereocenters. The van der Waals surface area contributed by atoms with Crippen molar-refractivity contribution in [3.05, 3.63) is 59.2 Å². The van der Waals surface area contributed by atoms with E-state index in [1.807, 2.05) is 32.0 Å². The Hall–Kier alpha value is -3.79. The van der Waals surface area contributed by atoms with Crippen molar-refractivity contribution in [1.82, 2.24) is 0 Å². The predicted octanol–water partition coefficient (Wildman–Crippen LogP) is 3.63. The summed E-state index contributed by atoms with van der Waals surface area (Å²) in [5.41, 5.74) is 2.00. The quantitative estimate of drug-likeness (QED) is 0.458. The zero-order chi connectivity index (χ0) is 20.8. The fourth-order valence-corrected chi connectivity index (χ4v) is 2.82. The summed E-state index contributed by atoms with van der Waals surface area (Å²) in [4.78, 5) is 24.4. The number of esters is 1. The van der Waals surface area contributed by atoms with E-state index in [1.54, 1.807) is 30.3 Å². The summed E-state index contributed by atoms with van der Waals surface area (Å²) < 4.78 is 15.5. The molecule has 1 heterocycles. The summed E-state index contributed by atoms with van der Waals surface area (Å²) in [5, 5.41) is 12.0. The van der Waals surface area contributed by atoms with E-state index in [2.05, 4.69) is 5.32 Å². The third-order valence-electron chi connectivity index (χ3n) is 4.24. The van der Waals surface area contributed by atoms with Crippen molar-refractivity contribution in [1.29, 1.82) is 5.26 Å². The molecule has 0 radical (unpaired) electrons. The normalized spacial score (nSPS) is 12.4. The number of anilines is 1. The maximum atomic E-state index is 12.2. The van der Waals surface area contributed by atoms with Crippen molar-refractivity contribution in [3.8, 4) is 17.6 Å². The molecule has 0 unspecified atom stereocenters. The molecule has 1 aliphatic rings. The zero-order valence-corrected chi connectivity index (χ0v) is 16.1. The van der Waals surface area contributed by atoms with Gasteiger partial charge in [0.05, 0.1) is 0 Å². The number of nitrogens with one attached hydrogen (secondary N) is 1. The molecule has 7 heteroatoms. The number of hydrogen-bond donors (Lipinski definition) is 1. The lowest BCUT2D eigenvalue weighted by atomic mass is 10.0. The van der Waals surface area contributed by atoms with Crippen LogP contribution in [-0.4, -0.2) is 25.3 Å². The van der Waals surface area contributed by atoms with Gasteiger partial charge in [0.15, 0.2) is 18.1 Å². The Bertz CT molecular complexity index is 1000. The first-order chi connectivity index (χ1) is 14.0. The second kappa shape index (κ2) is 8.93. The largest absolute Gasteiger partial charge is 0.454 e. The maximum absolute atomic E-state index is 12.2. The number of rotatable bonds is 6. The first-order valence-electron chi connectivity index (χ1n) is 9.05. The molecule has 2 aromatic rings. The predicted molar refractivity (Wildman–Crippen MR) is 106 cm³/mol. The van der Waals surface area contributed by atoms with Crippen LogP contribution in [0, 0.1) is 11.3 Å². The third-order valence-corrected chi connectivity index (χ3v) is 4.24. The van der Waals surface area contributed by atoms with Crippen LogP contribution in [0.3, 0.4) is 0 Å². The molecule has 148 valence electrons. The van der Waals surface area contributed by atoms with Crippen molar-refractivity contribution >= 4 is 23.6 Å². The number of nitriles is 1. The summed E-state index contributed by atoms with van der Waals surface area (Å²) in [6.45, 7) is 3.67. The minimum Gasteiger partial charge on any atom is -0.454 e. The van der Waals surface area contributed by atoms with E-state index in [4.69, 9.17) is 14.2 Å². The summed E-state index contributed by atoms with van der Waals surface area (Å²) in [5.74, 6) is 0.00217. The number of carbonyl (C=O) groups excluding carboxylic acids is 2. The Labute approximate surface area is 168 Å². The molecule has 0 saturated carbocycles. The van der Waals surface area contributed by atoms with Crippen LogP contribution in [0.25, 0.3) is 6.08 Å². The molecule has 0 fully saturated rings. The smallest absolute Gasteiger partial charge is 0.349 e. The Morgan fingerprint density at radius 1 is 1.21 bits per heavy atom. The Balaban J connectivity index is 1.62. The molecule has 29 heavy (non-hydrogen) atoms. The van der Waals surface area contributed by atoms with Crippen LogP contribution < -0.4 is 14.8 Å². The molecule has 1 N–H and O–H groups in total. The monoisotopic (exact) mass is 392 g/mol. The van der Waals surface area contributed by atoms with Crippen molar-refractivity contribution in [3.63, 3.8) is 0 Å². The van der Waals surface area contributed by atoms with Gasteiger partial charge in [0.1, 0.15) is 11.6 Å². The van der Waals surface area contributed by atoms with Gasteiger partial charge >= 0.3 is 5.97 Å². The molecule has 0 spiro atoms. The fraction of sp³-hybridized carbons (Fsp3) is 0.227. The van der Waals surface area contributed by atoms with E-state index in [1.165, 1.54) is 6.08 Å². The lowest BCUT2D eigenvalue weighted by Crippen LogP contribution is -2.22. The van der Waals surface area contributed by atoms with E-state index < -0.39 is 18.5 Å². The van der Waals surface area contributed by atoms with E-state index in [0.29, 0.717) is 22.7 Å². The molecular formula is C22H20N2O5. The Kier molecular flexibility index (Phi) is 6.15. The Morgan fingerprint density at radius 3 is 2.72 bits per heavy atom. The van der Waals surface area contributed by atoms with Gasteiger partial charge in [0, 0.05) is 5.69 Å². The Morgan fingerprint density at radius 2 is 1.97 bits per heavy atom. The van der Waals surface area contributed by atoms with Crippen LogP contribution in [0.5, 0.6) is 11.5 Å². The molecule has 1 aliphatic heterocycles. The lowest BCUT2D eigenvalue weighted by Gasteiger charge is -2.13. The van der Waals surface area contributed by atoms with Crippen LogP contribution in [0.4, 0.5) is 5.69 Å². The second-order valence-electron chi connectivity index (χ2n) is 6.65. The first kappa shape index (κ1) is 20.0. The number of para-hydroxylation sites is 1. The number of ether oxygens (including phenoxy) is 3. The molecule has 2 aromatic carbocycles. The highest BCUT2D eigenvalue weighted by atomic mass is 16.7. The van der Waals surface area contributed by atoms with E-state index in [0.717, 1.165) is 5.56 Å². The van der Waals surface area contributed by atoms with Crippen molar-refractivity contribution in [2.75, 3.05) is 18.7 Å². The SMILES string of the molecule is CC(C)c1ccccc1NC(=O)COC(=O)/C(C#N)=C/c1ccc2c(c1)OCO2. The van der Waals surface area contributed by atoms with Gasteiger partial charge in [0.2, 0.25) is 6.79 Å². The van der Waals surface area contributed by atoms with Crippen LogP contribution in [0.1, 0.15) is 30.9 Å². The zero-order valence-electron chi connectivity index (χ0n) is 16.1. The van der Waals surface area contributed by atoms with Crippen molar-refractivity contribution in [2.24, 2.45) is 0 Å². The standard InChI is InChI=1S/C22H20N2O5/c1-14(2)17-5-3-4-6-18(17)24-21(25)12-27-22(26)16(11-23)9-15-7-8-19-20(10-15)29-13-28-19/h3-10,14H,12-13H2,1-2H3,(H,24,25)/b16-9+. The van der Waals surface area contributed by atoms with Crippen molar-refractivity contribution < 1.29 is 23.8 Å². The van der Waals surface area contributed by atoms with E-state index >= 15 is 0 Å². The second-order valence-corrected chi connectivity index (χ2v) is 6.65. The number of hydrogen-bond acceptors (Lipinski definition) is 6. The van der Waals surface area contributed by atoms with Gasteiger partial charge in [-0.1, -0.05) is 38.1 Å². The topological polar surface area (TPSA) is 97.7 Å². The van der Waals surface area contributed by atoms with Crippen LogP contribution >= 0.6 is 0 Å². The summed E-state index contributed by atoms with van der Waals surface area (Å²) >= 11 is 0. The molecule has 0 aliphatic carbocycles. The molecule has 0 saturated heterocycles. The third kappa shape index (κ3) is 4.93. The van der Waals surface area contributed by atoms with E-state index in [-0.39, 0.29) is 18.3 Å². The number of fused-ring (bicyclic) bond motifs is 1. The van der Waals surface area contributed by atoms with Gasteiger partial charge in [-0.25, -0.2) is 4.79 Å². The van der Waals surface area contributed by atoms with Gasteiger partial charge < -0.3 is 19.5 Å². The number of nitrogens with zero attached hydrogens (tertiary/aromatic N) is 1. The average Bonchev–Trinajstić information content (AvgIpc) is 3.18. The van der Waals surface area contributed by atoms with Gasteiger partial charge in [-0.3, -0.25) is 4.79 Å². The highest BCUT2D eigenvalue weighted by Crippen LogP contribution is 2.33. The number of benzene rings is 2. The molecule has 1 amide bonds.